The Balaban J connectivity index is 2.35. The van der Waals surface area contributed by atoms with Crippen LogP contribution in [0.4, 0.5) is 4.39 Å². The van der Waals surface area contributed by atoms with E-state index in [9.17, 15) is 14.0 Å². The third-order valence-corrected chi connectivity index (χ3v) is 5.42. The lowest BCUT2D eigenvalue weighted by atomic mass is 9.72. The van der Waals surface area contributed by atoms with Crippen LogP contribution in [-0.2, 0) is 32.8 Å². The summed E-state index contributed by atoms with van der Waals surface area (Å²) in [5.74, 6) is -0.441. The van der Waals surface area contributed by atoms with Gasteiger partial charge < -0.3 is 4.74 Å². The summed E-state index contributed by atoms with van der Waals surface area (Å²) in [6.07, 6.45) is 1.01. The lowest BCUT2D eigenvalue weighted by molar-refractivity contribution is -0.142. The second-order valence-corrected chi connectivity index (χ2v) is 8.17. The lowest BCUT2D eigenvalue weighted by Crippen LogP contribution is -2.36. The van der Waals surface area contributed by atoms with E-state index >= 15 is 0 Å². The maximum Gasteiger partial charge on any atom is 0.302 e. The molecule has 1 aliphatic rings. The summed E-state index contributed by atoms with van der Waals surface area (Å²) < 4.78 is 18.9. The first kappa shape index (κ1) is 20.2. The number of carbonyl (C=O) groups excluding carboxylic acids is 2. The average molecular weight is 383 g/mol. The third kappa shape index (κ3) is 3.58. The van der Waals surface area contributed by atoms with Crippen LogP contribution in [0.3, 0.4) is 0 Å². The van der Waals surface area contributed by atoms with Gasteiger partial charge >= 0.3 is 5.97 Å². The first-order valence-corrected chi connectivity index (χ1v) is 9.61. The SMILES string of the molecule is CC(=O)OCc1c(C(C)C)nc2c(c1-c1ccc(F)cc1)CCC(=O)C2(C)C. The number of hydrogen-bond acceptors (Lipinski definition) is 4. The number of halogens is 1. The Morgan fingerprint density at radius 2 is 1.86 bits per heavy atom. The topological polar surface area (TPSA) is 56.3 Å². The molecule has 0 radical (unpaired) electrons. The minimum Gasteiger partial charge on any atom is -0.461 e. The molecule has 4 nitrogen and oxygen atoms in total. The van der Waals surface area contributed by atoms with Gasteiger partial charge in [0, 0.05) is 18.9 Å². The molecule has 3 rings (SSSR count). The molecule has 0 atom stereocenters. The Labute approximate surface area is 165 Å². The molecule has 0 saturated carbocycles. The number of carbonyl (C=O) groups is 2. The number of esters is 1. The van der Waals surface area contributed by atoms with E-state index in [0.717, 1.165) is 33.6 Å². The molecular weight excluding hydrogens is 357 g/mol. The normalized spacial score (nSPS) is 15.5. The molecule has 0 unspecified atom stereocenters. The summed E-state index contributed by atoms with van der Waals surface area (Å²) >= 11 is 0. The predicted octanol–water partition coefficient (Wildman–Crippen LogP) is 4.87. The van der Waals surface area contributed by atoms with Crippen molar-refractivity contribution in [3.05, 3.63) is 52.6 Å². The number of benzene rings is 1. The predicted molar refractivity (Wildman–Crippen MR) is 106 cm³/mol. The molecular formula is C23H26FNO3. The molecule has 148 valence electrons. The van der Waals surface area contributed by atoms with Gasteiger partial charge in [0.2, 0.25) is 0 Å². The fraction of sp³-hybridized carbons (Fsp3) is 0.435. The van der Waals surface area contributed by atoms with Crippen molar-refractivity contribution >= 4 is 11.8 Å². The minimum atomic E-state index is -0.689. The van der Waals surface area contributed by atoms with Crippen LogP contribution in [0.25, 0.3) is 11.1 Å². The largest absolute Gasteiger partial charge is 0.461 e. The first-order valence-electron chi connectivity index (χ1n) is 9.61. The van der Waals surface area contributed by atoms with E-state index in [1.54, 1.807) is 12.1 Å². The first-order chi connectivity index (χ1) is 13.1. The molecule has 0 amide bonds. The number of Topliss-reactive ketones (excluding diaryl/α,β-unsaturated/α-hetero) is 1. The van der Waals surface area contributed by atoms with Crippen molar-refractivity contribution in [1.82, 2.24) is 4.98 Å². The van der Waals surface area contributed by atoms with Crippen LogP contribution in [-0.4, -0.2) is 16.7 Å². The molecule has 0 N–H and O–H groups in total. The zero-order valence-electron chi connectivity index (χ0n) is 17.1. The van der Waals surface area contributed by atoms with E-state index in [1.165, 1.54) is 19.1 Å². The van der Waals surface area contributed by atoms with E-state index < -0.39 is 5.41 Å². The summed E-state index contributed by atoms with van der Waals surface area (Å²) in [4.78, 5) is 29.0. The van der Waals surface area contributed by atoms with Gasteiger partial charge in [-0.25, -0.2) is 4.39 Å². The van der Waals surface area contributed by atoms with Gasteiger partial charge in [-0.05, 0) is 55.0 Å². The minimum absolute atomic E-state index is 0.0721. The van der Waals surface area contributed by atoms with Crippen LogP contribution in [0.1, 0.15) is 69.5 Å². The zero-order valence-corrected chi connectivity index (χ0v) is 17.1. The Morgan fingerprint density at radius 1 is 1.21 bits per heavy atom. The number of ketones is 1. The Bertz CT molecular complexity index is 930. The van der Waals surface area contributed by atoms with Crippen molar-refractivity contribution < 1.29 is 18.7 Å². The quantitative estimate of drug-likeness (QED) is 0.707. The van der Waals surface area contributed by atoms with Gasteiger partial charge in [0.05, 0.1) is 16.8 Å². The second-order valence-electron chi connectivity index (χ2n) is 8.17. The zero-order chi connectivity index (χ0) is 20.6. The highest BCUT2D eigenvalue weighted by Gasteiger charge is 2.39. The van der Waals surface area contributed by atoms with Crippen molar-refractivity contribution in [3.63, 3.8) is 0 Å². The van der Waals surface area contributed by atoms with Crippen molar-refractivity contribution in [1.29, 1.82) is 0 Å². The smallest absolute Gasteiger partial charge is 0.302 e. The lowest BCUT2D eigenvalue weighted by Gasteiger charge is -2.34. The van der Waals surface area contributed by atoms with Gasteiger partial charge in [0.1, 0.15) is 18.2 Å². The molecule has 1 aliphatic carbocycles. The number of fused-ring (bicyclic) bond motifs is 1. The fourth-order valence-corrected chi connectivity index (χ4v) is 3.89. The number of hydrogen-bond donors (Lipinski definition) is 0. The molecule has 0 bridgehead atoms. The molecule has 28 heavy (non-hydrogen) atoms. The molecule has 0 fully saturated rings. The molecule has 0 saturated heterocycles. The van der Waals surface area contributed by atoms with Gasteiger partial charge in [0.15, 0.2) is 0 Å². The van der Waals surface area contributed by atoms with E-state index in [2.05, 4.69) is 0 Å². The maximum atomic E-state index is 13.6. The van der Waals surface area contributed by atoms with Crippen molar-refractivity contribution in [2.24, 2.45) is 0 Å². The van der Waals surface area contributed by atoms with Crippen LogP contribution in [0, 0.1) is 5.82 Å². The average Bonchev–Trinajstić information content (AvgIpc) is 2.63. The van der Waals surface area contributed by atoms with Crippen LogP contribution in [0.2, 0.25) is 0 Å². The van der Waals surface area contributed by atoms with Gasteiger partial charge in [-0.3, -0.25) is 14.6 Å². The molecule has 0 aliphatic heterocycles. The molecule has 1 heterocycles. The van der Waals surface area contributed by atoms with Gasteiger partial charge in [-0.15, -0.1) is 0 Å². The van der Waals surface area contributed by atoms with Gasteiger partial charge in [0.25, 0.3) is 0 Å². The standard InChI is InChI=1S/C23H26FNO3/c1-13(2)21-18(12-28-14(3)26)20(15-6-8-16(24)9-7-15)17-10-11-19(27)23(4,5)22(17)25-21/h6-9,13H,10-12H2,1-5H3. The van der Waals surface area contributed by atoms with Crippen molar-refractivity contribution in [2.45, 2.75) is 65.4 Å². The van der Waals surface area contributed by atoms with Crippen molar-refractivity contribution in [3.8, 4) is 11.1 Å². The Hall–Kier alpha value is -2.56. The van der Waals surface area contributed by atoms with E-state index in [4.69, 9.17) is 9.72 Å². The summed E-state index contributed by atoms with van der Waals surface area (Å²) in [5, 5.41) is 0. The van der Waals surface area contributed by atoms with Crippen LogP contribution >= 0.6 is 0 Å². The summed E-state index contributed by atoms with van der Waals surface area (Å²) in [5.41, 5.74) is 4.47. The van der Waals surface area contributed by atoms with Crippen molar-refractivity contribution in [2.75, 3.05) is 0 Å². The molecule has 5 heteroatoms. The monoisotopic (exact) mass is 383 g/mol. The van der Waals surface area contributed by atoms with E-state index in [-0.39, 0.29) is 30.1 Å². The number of aromatic nitrogens is 1. The summed E-state index contributed by atoms with van der Waals surface area (Å²) in [7, 11) is 0. The molecule has 0 spiro atoms. The number of pyridine rings is 1. The highest BCUT2D eigenvalue weighted by molar-refractivity contribution is 5.92. The second kappa shape index (κ2) is 7.46. The molecule has 1 aromatic carbocycles. The maximum absolute atomic E-state index is 13.6. The Kier molecular flexibility index (Phi) is 5.37. The Morgan fingerprint density at radius 3 is 2.43 bits per heavy atom. The molecule has 1 aromatic heterocycles. The van der Waals surface area contributed by atoms with E-state index in [1.807, 2.05) is 27.7 Å². The van der Waals surface area contributed by atoms with Crippen LogP contribution in [0.5, 0.6) is 0 Å². The number of ether oxygens (including phenoxy) is 1. The van der Waals surface area contributed by atoms with Gasteiger partial charge in [-0.1, -0.05) is 26.0 Å². The third-order valence-electron chi connectivity index (χ3n) is 5.42. The van der Waals surface area contributed by atoms with Gasteiger partial charge in [-0.2, -0.15) is 0 Å². The fourth-order valence-electron chi connectivity index (χ4n) is 3.89. The number of rotatable bonds is 4. The highest BCUT2D eigenvalue weighted by atomic mass is 19.1. The molecule has 2 aromatic rings. The number of nitrogens with zero attached hydrogens (tertiary/aromatic N) is 1. The summed E-state index contributed by atoms with van der Waals surface area (Å²) in [6, 6.07) is 6.31. The van der Waals surface area contributed by atoms with E-state index in [0.29, 0.717) is 12.8 Å². The highest BCUT2D eigenvalue weighted by Crippen LogP contribution is 2.42. The van der Waals surface area contributed by atoms with Crippen LogP contribution < -0.4 is 0 Å². The summed E-state index contributed by atoms with van der Waals surface area (Å²) in [6.45, 7) is 9.34. The van der Waals surface area contributed by atoms with Crippen LogP contribution in [0.15, 0.2) is 24.3 Å².